The van der Waals surface area contributed by atoms with Gasteiger partial charge in [-0.2, -0.15) is 0 Å². The van der Waals surface area contributed by atoms with Crippen molar-refractivity contribution in [1.82, 2.24) is 0 Å². The molecule has 14 heavy (non-hydrogen) atoms. The van der Waals surface area contributed by atoms with Crippen LogP contribution in [0.2, 0.25) is 0 Å². The predicted molar refractivity (Wildman–Crippen MR) is 48.6 cm³/mol. The molecule has 0 heterocycles. The van der Waals surface area contributed by atoms with Crippen LogP contribution < -0.4 is 0 Å². The highest BCUT2D eigenvalue weighted by molar-refractivity contribution is 6.28. The zero-order valence-electron chi connectivity index (χ0n) is 7.64. The number of carboxylic acids is 1. The quantitative estimate of drug-likeness (QED) is 0.570. The molecule has 0 spiro atoms. The number of ether oxygens (including phenoxy) is 1. The first kappa shape index (κ1) is 10.2. The molecule has 0 bridgehead atoms. The minimum atomic E-state index is -1.58. The average molecular weight is 194 g/mol. The number of carboxylic acid groups (broad SMARTS) is 1. The molecule has 0 saturated heterocycles. The second kappa shape index (κ2) is 4.41. The lowest BCUT2D eigenvalue weighted by atomic mass is 10.1. The van der Waals surface area contributed by atoms with E-state index in [1.165, 1.54) is 0 Å². The van der Waals surface area contributed by atoms with Crippen LogP contribution in [-0.2, 0) is 14.3 Å². The van der Waals surface area contributed by atoms with Crippen molar-refractivity contribution < 1.29 is 19.4 Å². The summed E-state index contributed by atoms with van der Waals surface area (Å²) in [5.41, 5.74) is 0.766. The zero-order chi connectivity index (χ0) is 10.6. The Morgan fingerprint density at radius 2 is 1.86 bits per heavy atom. The fraction of sp³-hybridized carbons (Fsp3) is 0.200. The van der Waals surface area contributed by atoms with E-state index < -0.39 is 18.0 Å². The Kier molecular flexibility index (Phi) is 3.23. The molecule has 1 rings (SSSR count). The van der Waals surface area contributed by atoms with Crippen molar-refractivity contribution in [3.63, 3.8) is 0 Å². The van der Waals surface area contributed by atoms with E-state index in [1.807, 2.05) is 6.07 Å². The van der Waals surface area contributed by atoms with Crippen molar-refractivity contribution in [2.24, 2.45) is 0 Å². The van der Waals surface area contributed by atoms with E-state index in [-0.39, 0.29) is 0 Å². The van der Waals surface area contributed by atoms with Crippen LogP contribution in [0.4, 0.5) is 0 Å². The zero-order valence-corrected chi connectivity index (χ0v) is 7.64. The van der Waals surface area contributed by atoms with Gasteiger partial charge in [0.25, 0.3) is 0 Å². The van der Waals surface area contributed by atoms with Gasteiger partial charge in [-0.05, 0) is 12.5 Å². The van der Waals surface area contributed by atoms with E-state index in [1.54, 1.807) is 31.2 Å². The molecule has 4 nitrogen and oxygen atoms in total. The number of aliphatic carboxylic acids is 1. The maximum atomic E-state index is 10.7. The van der Waals surface area contributed by atoms with E-state index in [2.05, 4.69) is 4.74 Å². The van der Waals surface area contributed by atoms with Crippen LogP contribution in [0.1, 0.15) is 18.6 Å². The smallest absolute Gasteiger partial charge is 0.417 e. The molecule has 0 aromatic heterocycles. The predicted octanol–water partition coefficient (Wildman–Crippen LogP) is 1.38. The molecule has 1 atom stereocenters. The molecule has 1 N–H and O–H groups in total. The van der Waals surface area contributed by atoms with Crippen LogP contribution in [0, 0.1) is 0 Å². The molecule has 1 unspecified atom stereocenters. The SMILES string of the molecule is CC(OC(=O)C(=O)O)c1ccccc1. The van der Waals surface area contributed by atoms with E-state index in [9.17, 15) is 9.59 Å². The van der Waals surface area contributed by atoms with E-state index in [4.69, 9.17) is 5.11 Å². The number of esters is 1. The highest BCUT2D eigenvalue weighted by Crippen LogP contribution is 2.15. The summed E-state index contributed by atoms with van der Waals surface area (Å²) < 4.78 is 4.66. The summed E-state index contributed by atoms with van der Waals surface area (Å²) >= 11 is 0. The molecule has 0 saturated carbocycles. The highest BCUT2D eigenvalue weighted by atomic mass is 16.6. The van der Waals surface area contributed by atoms with Gasteiger partial charge < -0.3 is 9.84 Å². The molecule has 0 fully saturated rings. The summed E-state index contributed by atoms with van der Waals surface area (Å²) in [5.74, 6) is -2.81. The van der Waals surface area contributed by atoms with Crippen molar-refractivity contribution in [2.75, 3.05) is 0 Å². The third kappa shape index (κ3) is 2.58. The van der Waals surface area contributed by atoms with Crippen molar-refractivity contribution in [3.8, 4) is 0 Å². The summed E-state index contributed by atoms with van der Waals surface area (Å²) in [6, 6.07) is 8.94. The van der Waals surface area contributed by atoms with E-state index >= 15 is 0 Å². The number of hydrogen-bond donors (Lipinski definition) is 1. The van der Waals surface area contributed by atoms with Crippen molar-refractivity contribution in [2.45, 2.75) is 13.0 Å². The van der Waals surface area contributed by atoms with Gasteiger partial charge in [-0.15, -0.1) is 0 Å². The largest absolute Gasteiger partial charge is 0.473 e. The van der Waals surface area contributed by atoms with Crippen LogP contribution in [0.15, 0.2) is 30.3 Å². The summed E-state index contributed by atoms with van der Waals surface area (Å²) in [6.07, 6.45) is -0.542. The molecule has 4 heteroatoms. The molecule has 0 aliphatic carbocycles. The lowest BCUT2D eigenvalue weighted by molar-refractivity contribution is -0.167. The highest BCUT2D eigenvalue weighted by Gasteiger charge is 2.17. The Balaban J connectivity index is 2.64. The molecule has 1 aromatic rings. The third-order valence-corrected chi connectivity index (χ3v) is 1.73. The van der Waals surface area contributed by atoms with Gasteiger partial charge >= 0.3 is 11.9 Å². The monoisotopic (exact) mass is 194 g/mol. The van der Waals surface area contributed by atoms with E-state index in [0.29, 0.717) is 0 Å². The molecule has 0 aliphatic rings. The van der Waals surface area contributed by atoms with Gasteiger partial charge in [0.05, 0.1) is 0 Å². The fourth-order valence-electron chi connectivity index (χ4n) is 1.00. The first-order valence-corrected chi connectivity index (χ1v) is 4.10. The second-order valence-electron chi connectivity index (χ2n) is 2.76. The summed E-state index contributed by atoms with van der Waals surface area (Å²) in [7, 11) is 0. The van der Waals surface area contributed by atoms with E-state index in [0.717, 1.165) is 5.56 Å². The van der Waals surface area contributed by atoms with Crippen LogP contribution in [-0.4, -0.2) is 17.0 Å². The molecule has 0 amide bonds. The number of hydrogen-bond acceptors (Lipinski definition) is 3. The van der Waals surface area contributed by atoms with Crippen LogP contribution in [0.25, 0.3) is 0 Å². The molecule has 1 aromatic carbocycles. The van der Waals surface area contributed by atoms with Gasteiger partial charge in [0.2, 0.25) is 0 Å². The van der Waals surface area contributed by atoms with Crippen molar-refractivity contribution in [1.29, 1.82) is 0 Å². The van der Waals surface area contributed by atoms with Crippen molar-refractivity contribution >= 4 is 11.9 Å². The molecular weight excluding hydrogens is 184 g/mol. The number of rotatable bonds is 2. The minimum absolute atomic E-state index is 0.542. The summed E-state index contributed by atoms with van der Waals surface area (Å²) in [6.45, 7) is 1.62. The van der Waals surface area contributed by atoms with Gasteiger partial charge in [0, 0.05) is 0 Å². The van der Waals surface area contributed by atoms with Gasteiger partial charge in [0.1, 0.15) is 6.10 Å². The first-order chi connectivity index (χ1) is 6.61. The third-order valence-electron chi connectivity index (χ3n) is 1.73. The van der Waals surface area contributed by atoms with Crippen molar-refractivity contribution in [3.05, 3.63) is 35.9 Å². The Morgan fingerprint density at radius 3 is 2.36 bits per heavy atom. The summed E-state index contributed by atoms with van der Waals surface area (Å²) in [5, 5.41) is 8.30. The number of carbonyl (C=O) groups excluding carboxylic acids is 1. The average Bonchev–Trinajstić information content (AvgIpc) is 2.19. The fourth-order valence-corrected chi connectivity index (χ4v) is 1.00. The maximum absolute atomic E-state index is 10.7. The molecular formula is C10H10O4. The van der Waals surface area contributed by atoms with Crippen LogP contribution in [0.5, 0.6) is 0 Å². The molecule has 0 radical (unpaired) electrons. The minimum Gasteiger partial charge on any atom is -0.473 e. The molecule has 0 aliphatic heterocycles. The number of benzene rings is 1. The van der Waals surface area contributed by atoms with Crippen LogP contribution >= 0.6 is 0 Å². The standard InChI is InChI=1S/C10H10O4/c1-7(14-10(13)9(11)12)8-5-3-2-4-6-8/h2-7H,1H3,(H,11,12). The lowest BCUT2D eigenvalue weighted by Crippen LogP contribution is -2.18. The maximum Gasteiger partial charge on any atom is 0.417 e. The van der Waals surface area contributed by atoms with Gasteiger partial charge in [0.15, 0.2) is 0 Å². The number of carbonyl (C=O) groups is 2. The van der Waals surface area contributed by atoms with Gasteiger partial charge in [-0.1, -0.05) is 30.3 Å². The van der Waals surface area contributed by atoms with Gasteiger partial charge in [-0.3, -0.25) is 0 Å². The Labute approximate surface area is 81.1 Å². The second-order valence-corrected chi connectivity index (χ2v) is 2.76. The first-order valence-electron chi connectivity index (χ1n) is 4.10. The molecule has 74 valence electrons. The lowest BCUT2D eigenvalue weighted by Gasteiger charge is -2.11. The topological polar surface area (TPSA) is 63.6 Å². The normalized spacial score (nSPS) is 11.8. The Hall–Kier alpha value is -1.84. The Morgan fingerprint density at radius 1 is 1.29 bits per heavy atom. The Bertz CT molecular complexity index is 331. The van der Waals surface area contributed by atoms with Gasteiger partial charge in [-0.25, -0.2) is 9.59 Å². The summed E-state index contributed by atoms with van der Waals surface area (Å²) in [4.78, 5) is 20.9. The van der Waals surface area contributed by atoms with Crippen LogP contribution in [0.3, 0.4) is 0 Å².